The normalized spacial score (nSPS) is 13.1. The van der Waals surface area contributed by atoms with E-state index >= 15 is 0 Å². The molecule has 1 amide bonds. The lowest BCUT2D eigenvalue weighted by Gasteiger charge is -2.14. The van der Waals surface area contributed by atoms with Gasteiger partial charge in [0, 0.05) is 12.8 Å². The molecule has 0 saturated carbocycles. The molecule has 2 aromatic carbocycles. The summed E-state index contributed by atoms with van der Waals surface area (Å²) in [6, 6.07) is 13.0. The number of carbonyl (C=O) groups excluding carboxylic acids is 1. The minimum absolute atomic E-state index is 0.0979. The first-order valence-corrected chi connectivity index (χ1v) is 8.94. The Morgan fingerprint density at radius 3 is 2.56 bits per heavy atom. The van der Waals surface area contributed by atoms with E-state index in [1.54, 1.807) is 0 Å². The Morgan fingerprint density at radius 1 is 1.07 bits per heavy atom. The number of halogens is 2. The zero-order valence-electron chi connectivity index (χ0n) is 14.8. The standard InChI is InChI=1S/C21H21F2NO3/c22-19(23)12-18(21(26)27)24-20(25)7-3-4-13-8-9-15-11-14-5-1-2-6-16(14)17(15)10-13/h1-2,5-6,8-10,18-19H,3-4,7,11-12H2,(H,24,25)(H,26,27). The van der Waals surface area contributed by atoms with Crippen LogP contribution in [0.25, 0.3) is 11.1 Å². The molecule has 3 rings (SSSR count). The highest BCUT2D eigenvalue weighted by Gasteiger charge is 2.24. The lowest BCUT2D eigenvalue weighted by molar-refractivity contribution is -0.143. The third-order valence-electron chi connectivity index (χ3n) is 4.78. The Balaban J connectivity index is 1.54. The summed E-state index contributed by atoms with van der Waals surface area (Å²) in [5.41, 5.74) is 6.15. The molecule has 6 heteroatoms. The van der Waals surface area contributed by atoms with Crippen molar-refractivity contribution in [2.24, 2.45) is 0 Å². The van der Waals surface area contributed by atoms with Crippen LogP contribution in [0.15, 0.2) is 42.5 Å². The van der Waals surface area contributed by atoms with Gasteiger partial charge in [0.15, 0.2) is 0 Å². The number of hydrogen-bond acceptors (Lipinski definition) is 2. The van der Waals surface area contributed by atoms with E-state index in [1.807, 2.05) is 18.2 Å². The van der Waals surface area contributed by atoms with Gasteiger partial charge in [-0.25, -0.2) is 13.6 Å². The molecule has 0 spiro atoms. The van der Waals surface area contributed by atoms with Gasteiger partial charge < -0.3 is 10.4 Å². The van der Waals surface area contributed by atoms with Crippen LogP contribution in [-0.2, 0) is 22.4 Å². The molecule has 2 aromatic rings. The zero-order chi connectivity index (χ0) is 19.4. The van der Waals surface area contributed by atoms with E-state index in [4.69, 9.17) is 5.11 Å². The number of amides is 1. The molecule has 0 fully saturated rings. The zero-order valence-corrected chi connectivity index (χ0v) is 14.8. The summed E-state index contributed by atoms with van der Waals surface area (Å²) in [6.07, 6.45) is -1.45. The van der Waals surface area contributed by atoms with E-state index in [0.29, 0.717) is 12.8 Å². The van der Waals surface area contributed by atoms with Crippen LogP contribution in [-0.4, -0.2) is 29.5 Å². The van der Waals surface area contributed by atoms with Crippen molar-refractivity contribution < 1.29 is 23.5 Å². The summed E-state index contributed by atoms with van der Waals surface area (Å²) in [5.74, 6) is -1.96. The quantitative estimate of drug-likeness (QED) is 0.631. The second-order valence-corrected chi connectivity index (χ2v) is 6.76. The summed E-state index contributed by atoms with van der Waals surface area (Å²) in [6.45, 7) is 0. The highest BCUT2D eigenvalue weighted by Crippen LogP contribution is 2.36. The molecule has 1 atom stereocenters. The van der Waals surface area contributed by atoms with Crippen molar-refractivity contribution in [1.29, 1.82) is 0 Å². The number of aryl methyl sites for hydroxylation is 1. The van der Waals surface area contributed by atoms with E-state index in [9.17, 15) is 18.4 Å². The van der Waals surface area contributed by atoms with E-state index in [2.05, 4.69) is 29.6 Å². The second kappa shape index (κ2) is 8.29. The number of rotatable bonds is 8. The average molecular weight is 373 g/mol. The van der Waals surface area contributed by atoms with Crippen LogP contribution in [0.4, 0.5) is 8.78 Å². The van der Waals surface area contributed by atoms with Gasteiger partial charge in [0.05, 0.1) is 0 Å². The maximum absolute atomic E-state index is 12.4. The van der Waals surface area contributed by atoms with Gasteiger partial charge in [0.1, 0.15) is 6.04 Å². The fourth-order valence-corrected chi connectivity index (χ4v) is 3.45. The maximum atomic E-state index is 12.4. The van der Waals surface area contributed by atoms with Crippen molar-refractivity contribution in [2.75, 3.05) is 0 Å². The Kier molecular flexibility index (Phi) is 5.84. The van der Waals surface area contributed by atoms with E-state index in [-0.39, 0.29) is 6.42 Å². The first-order valence-electron chi connectivity index (χ1n) is 8.94. The molecule has 1 unspecified atom stereocenters. The number of carbonyl (C=O) groups is 2. The Morgan fingerprint density at radius 2 is 1.81 bits per heavy atom. The first-order chi connectivity index (χ1) is 12.9. The first kappa shape index (κ1) is 19.0. The lowest BCUT2D eigenvalue weighted by Crippen LogP contribution is -2.41. The van der Waals surface area contributed by atoms with Gasteiger partial charge in [-0.05, 0) is 47.1 Å². The van der Waals surface area contributed by atoms with Gasteiger partial charge in [0.25, 0.3) is 0 Å². The monoisotopic (exact) mass is 373 g/mol. The summed E-state index contributed by atoms with van der Waals surface area (Å²) in [4.78, 5) is 22.8. The van der Waals surface area contributed by atoms with Crippen molar-refractivity contribution in [1.82, 2.24) is 5.32 Å². The molecule has 0 radical (unpaired) electrons. The van der Waals surface area contributed by atoms with Crippen LogP contribution in [0.2, 0.25) is 0 Å². The lowest BCUT2D eigenvalue weighted by atomic mass is 10.00. The molecular weight excluding hydrogens is 352 g/mol. The number of carboxylic acids is 1. The predicted molar refractivity (Wildman–Crippen MR) is 97.8 cm³/mol. The van der Waals surface area contributed by atoms with Crippen molar-refractivity contribution in [3.05, 3.63) is 59.2 Å². The number of carboxylic acid groups (broad SMARTS) is 1. The molecular formula is C21H21F2NO3. The molecule has 27 heavy (non-hydrogen) atoms. The number of fused-ring (bicyclic) bond motifs is 3. The van der Waals surface area contributed by atoms with Crippen LogP contribution in [0.5, 0.6) is 0 Å². The molecule has 0 bridgehead atoms. The topological polar surface area (TPSA) is 66.4 Å². The third-order valence-corrected chi connectivity index (χ3v) is 4.78. The van der Waals surface area contributed by atoms with Crippen molar-refractivity contribution in [2.45, 2.75) is 44.6 Å². The van der Waals surface area contributed by atoms with Crippen molar-refractivity contribution in [3.8, 4) is 11.1 Å². The van der Waals surface area contributed by atoms with Gasteiger partial charge in [-0.2, -0.15) is 0 Å². The molecule has 0 saturated heterocycles. The summed E-state index contributed by atoms with van der Waals surface area (Å²) < 4.78 is 24.7. The number of alkyl halides is 2. The molecule has 1 aliphatic rings. The van der Waals surface area contributed by atoms with Gasteiger partial charge in [-0.3, -0.25) is 4.79 Å². The SMILES string of the molecule is O=C(CCCc1ccc2c(c1)-c1ccccc1C2)NC(CC(F)F)C(=O)O. The molecule has 1 aliphatic carbocycles. The van der Waals surface area contributed by atoms with Crippen molar-refractivity contribution >= 4 is 11.9 Å². The Hall–Kier alpha value is -2.76. The summed E-state index contributed by atoms with van der Waals surface area (Å²) in [7, 11) is 0. The van der Waals surface area contributed by atoms with Crippen LogP contribution in [0.1, 0.15) is 36.0 Å². The minimum Gasteiger partial charge on any atom is -0.480 e. The minimum atomic E-state index is -2.78. The summed E-state index contributed by atoms with van der Waals surface area (Å²) in [5, 5.41) is 11.1. The predicted octanol–water partition coefficient (Wildman–Crippen LogP) is 3.81. The van der Waals surface area contributed by atoms with Gasteiger partial charge in [0.2, 0.25) is 12.3 Å². The molecule has 0 aliphatic heterocycles. The Labute approximate surface area is 156 Å². The maximum Gasteiger partial charge on any atom is 0.326 e. The van der Waals surface area contributed by atoms with E-state index in [0.717, 1.165) is 12.0 Å². The number of aliphatic carboxylic acids is 1. The fourth-order valence-electron chi connectivity index (χ4n) is 3.45. The molecule has 2 N–H and O–H groups in total. The number of nitrogens with one attached hydrogen (secondary N) is 1. The molecule has 142 valence electrons. The molecule has 4 nitrogen and oxygen atoms in total. The van der Waals surface area contributed by atoms with E-state index < -0.39 is 30.8 Å². The van der Waals surface area contributed by atoms with E-state index in [1.165, 1.54) is 22.3 Å². The van der Waals surface area contributed by atoms with Crippen LogP contribution >= 0.6 is 0 Å². The van der Waals surface area contributed by atoms with Crippen LogP contribution in [0, 0.1) is 0 Å². The number of hydrogen-bond donors (Lipinski definition) is 2. The van der Waals surface area contributed by atoms with Gasteiger partial charge in [-0.15, -0.1) is 0 Å². The van der Waals surface area contributed by atoms with Crippen LogP contribution < -0.4 is 5.32 Å². The summed E-state index contributed by atoms with van der Waals surface area (Å²) >= 11 is 0. The smallest absolute Gasteiger partial charge is 0.326 e. The third kappa shape index (κ3) is 4.70. The van der Waals surface area contributed by atoms with Gasteiger partial charge >= 0.3 is 5.97 Å². The second-order valence-electron chi connectivity index (χ2n) is 6.76. The highest BCUT2D eigenvalue weighted by molar-refractivity contribution is 5.83. The van der Waals surface area contributed by atoms with Gasteiger partial charge in [-0.1, -0.05) is 42.5 Å². The van der Waals surface area contributed by atoms with Crippen LogP contribution in [0.3, 0.4) is 0 Å². The number of benzene rings is 2. The molecule has 0 heterocycles. The molecule has 0 aromatic heterocycles. The fraction of sp³-hybridized carbons (Fsp3) is 0.333. The Bertz CT molecular complexity index is 851. The van der Waals surface area contributed by atoms with Crippen molar-refractivity contribution in [3.63, 3.8) is 0 Å². The largest absolute Gasteiger partial charge is 0.480 e. The highest BCUT2D eigenvalue weighted by atomic mass is 19.3. The average Bonchev–Trinajstić information content (AvgIpc) is 2.99.